The molecule has 1 aromatic heterocycles. The molecule has 0 saturated heterocycles. The van der Waals surface area contributed by atoms with Crippen molar-refractivity contribution in [2.45, 2.75) is 20.8 Å². The lowest BCUT2D eigenvalue weighted by Gasteiger charge is -2.12. The zero-order valence-electron chi connectivity index (χ0n) is 12.0. The average molecular weight is 264 g/mol. The van der Waals surface area contributed by atoms with Gasteiger partial charge < -0.3 is 15.4 Å². The average Bonchev–Trinajstić information content (AvgIpc) is 2.41. The van der Waals surface area contributed by atoms with Crippen LogP contribution in [0.25, 0.3) is 0 Å². The summed E-state index contributed by atoms with van der Waals surface area (Å²) in [7, 11) is 0. The number of nitrogens with zero attached hydrogens (tertiary/aromatic N) is 2. The summed E-state index contributed by atoms with van der Waals surface area (Å²) in [6.07, 6.45) is 3.44. The molecule has 0 atom stereocenters. The van der Waals surface area contributed by atoms with Crippen LogP contribution in [-0.4, -0.2) is 37.2 Å². The molecule has 0 aliphatic rings. The van der Waals surface area contributed by atoms with E-state index in [2.05, 4.69) is 41.4 Å². The summed E-state index contributed by atoms with van der Waals surface area (Å²) < 4.78 is 5.55. The smallest absolute Gasteiger partial charge is 0.191 e. The summed E-state index contributed by atoms with van der Waals surface area (Å²) >= 11 is 0. The Morgan fingerprint density at radius 1 is 1.42 bits per heavy atom. The van der Waals surface area contributed by atoms with Crippen molar-refractivity contribution in [1.82, 2.24) is 15.6 Å². The molecule has 0 saturated carbocycles. The Labute approximate surface area is 115 Å². The predicted molar refractivity (Wildman–Crippen MR) is 78.6 cm³/mol. The number of nitrogens with one attached hydrogen (secondary N) is 2. The largest absolute Gasteiger partial charge is 0.490 e. The molecule has 19 heavy (non-hydrogen) atoms. The number of hydrogen-bond donors (Lipinski definition) is 2. The number of hydrogen-bond acceptors (Lipinski definition) is 3. The van der Waals surface area contributed by atoms with Crippen molar-refractivity contribution in [3.8, 4) is 5.75 Å². The predicted octanol–water partition coefficient (Wildman–Crippen LogP) is 1.67. The van der Waals surface area contributed by atoms with Gasteiger partial charge in [0.25, 0.3) is 0 Å². The summed E-state index contributed by atoms with van der Waals surface area (Å²) in [5.41, 5.74) is 0. The molecule has 1 heterocycles. The van der Waals surface area contributed by atoms with E-state index in [-0.39, 0.29) is 0 Å². The van der Waals surface area contributed by atoms with E-state index in [1.165, 1.54) is 0 Å². The fraction of sp³-hybridized carbons (Fsp3) is 0.571. The van der Waals surface area contributed by atoms with Gasteiger partial charge in [0.05, 0.1) is 12.7 Å². The van der Waals surface area contributed by atoms with E-state index in [1.807, 2.05) is 12.1 Å². The van der Waals surface area contributed by atoms with Crippen LogP contribution in [0.4, 0.5) is 0 Å². The minimum atomic E-state index is 0.557. The minimum absolute atomic E-state index is 0.557. The van der Waals surface area contributed by atoms with Crippen LogP contribution in [0.1, 0.15) is 20.8 Å². The number of rotatable bonds is 7. The van der Waals surface area contributed by atoms with Gasteiger partial charge in [0.1, 0.15) is 12.4 Å². The number of aliphatic imine (C=N–C) groups is 1. The molecule has 0 aromatic carbocycles. The van der Waals surface area contributed by atoms with Crippen molar-refractivity contribution >= 4 is 5.96 Å². The highest BCUT2D eigenvalue weighted by Gasteiger charge is 1.98. The van der Waals surface area contributed by atoms with Crippen LogP contribution in [0.2, 0.25) is 0 Å². The van der Waals surface area contributed by atoms with Gasteiger partial charge in [0, 0.05) is 19.3 Å². The first kappa shape index (κ1) is 15.3. The molecule has 2 N–H and O–H groups in total. The molecule has 0 bridgehead atoms. The maximum Gasteiger partial charge on any atom is 0.191 e. The van der Waals surface area contributed by atoms with Crippen molar-refractivity contribution in [2.75, 3.05) is 26.2 Å². The zero-order chi connectivity index (χ0) is 13.9. The van der Waals surface area contributed by atoms with Gasteiger partial charge in [-0.25, -0.2) is 0 Å². The van der Waals surface area contributed by atoms with E-state index in [0.29, 0.717) is 19.1 Å². The van der Waals surface area contributed by atoms with E-state index < -0.39 is 0 Å². The van der Waals surface area contributed by atoms with Crippen molar-refractivity contribution < 1.29 is 4.74 Å². The molecule has 0 fully saturated rings. The van der Waals surface area contributed by atoms with Crippen molar-refractivity contribution in [3.05, 3.63) is 24.5 Å². The van der Waals surface area contributed by atoms with Gasteiger partial charge in [-0.2, -0.15) is 0 Å². The standard InChI is InChI=1S/C14H24N4O/c1-4-16-14(18-10-12(2)3)17-8-9-19-13-6-5-7-15-11-13/h5-7,11-12H,4,8-10H2,1-3H3,(H2,16,17,18). The monoisotopic (exact) mass is 264 g/mol. The summed E-state index contributed by atoms with van der Waals surface area (Å²) in [4.78, 5) is 8.48. The van der Waals surface area contributed by atoms with Crippen LogP contribution in [0.3, 0.4) is 0 Å². The molecule has 106 valence electrons. The molecule has 0 amide bonds. The van der Waals surface area contributed by atoms with E-state index in [4.69, 9.17) is 4.74 Å². The lowest BCUT2D eigenvalue weighted by Crippen LogP contribution is -2.39. The first-order chi connectivity index (χ1) is 9.22. The van der Waals surface area contributed by atoms with Gasteiger partial charge in [-0.3, -0.25) is 9.98 Å². The maximum atomic E-state index is 5.55. The van der Waals surface area contributed by atoms with Crippen LogP contribution < -0.4 is 15.4 Å². The quantitative estimate of drug-likeness (QED) is 0.447. The third kappa shape index (κ3) is 7.28. The van der Waals surface area contributed by atoms with Gasteiger partial charge in [-0.1, -0.05) is 13.8 Å². The van der Waals surface area contributed by atoms with Crippen LogP contribution >= 0.6 is 0 Å². The molecule has 0 spiro atoms. The Hall–Kier alpha value is -1.78. The van der Waals surface area contributed by atoms with Crippen molar-refractivity contribution in [2.24, 2.45) is 10.9 Å². The van der Waals surface area contributed by atoms with E-state index >= 15 is 0 Å². The Kier molecular flexibility index (Phi) is 7.39. The maximum absolute atomic E-state index is 5.55. The first-order valence-electron chi connectivity index (χ1n) is 6.77. The molecule has 5 heteroatoms. The Bertz CT molecular complexity index is 365. The third-order valence-electron chi connectivity index (χ3n) is 2.26. The van der Waals surface area contributed by atoms with E-state index in [1.54, 1.807) is 12.4 Å². The topological polar surface area (TPSA) is 58.5 Å². The van der Waals surface area contributed by atoms with Gasteiger partial charge in [-0.15, -0.1) is 0 Å². The van der Waals surface area contributed by atoms with Crippen molar-refractivity contribution in [3.63, 3.8) is 0 Å². The highest BCUT2D eigenvalue weighted by molar-refractivity contribution is 5.79. The normalized spacial score (nSPS) is 11.5. The SMILES string of the molecule is CCNC(=NCC(C)C)NCCOc1cccnc1. The lowest BCUT2D eigenvalue weighted by atomic mass is 10.2. The highest BCUT2D eigenvalue weighted by Crippen LogP contribution is 2.04. The molecule has 0 aliphatic carbocycles. The second-order valence-corrected chi connectivity index (χ2v) is 4.58. The van der Waals surface area contributed by atoms with Gasteiger partial charge in [0.2, 0.25) is 0 Å². The molecule has 1 aromatic rings. The molecule has 0 unspecified atom stereocenters. The number of guanidine groups is 1. The van der Waals surface area contributed by atoms with Crippen LogP contribution in [0, 0.1) is 5.92 Å². The second-order valence-electron chi connectivity index (χ2n) is 4.58. The number of aromatic nitrogens is 1. The fourth-order valence-corrected chi connectivity index (χ4v) is 1.39. The fourth-order valence-electron chi connectivity index (χ4n) is 1.39. The highest BCUT2D eigenvalue weighted by atomic mass is 16.5. The van der Waals surface area contributed by atoms with Gasteiger partial charge in [0.15, 0.2) is 5.96 Å². The minimum Gasteiger partial charge on any atom is -0.490 e. The van der Waals surface area contributed by atoms with Gasteiger partial charge in [-0.05, 0) is 25.0 Å². The zero-order valence-corrected chi connectivity index (χ0v) is 12.0. The van der Waals surface area contributed by atoms with Crippen LogP contribution in [0.5, 0.6) is 5.75 Å². The summed E-state index contributed by atoms with van der Waals surface area (Å²) in [6, 6.07) is 3.75. The van der Waals surface area contributed by atoms with Crippen LogP contribution in [-0.2, 0) is 0 Å². The summed E-state index contributed by atoms with van der Waals surface area (Å²) in [5, 5.41) is 6.45. The number of ether oxygens (including phenoxy) is 1. The molecular weight excluding hydrogens is 240 g/mol. The third-order valence-corrected chi connectivity index (χ3v) is 2.26. The molecule has 5 nitrogen and oxygen atoms in total. The molecule has 0 radical (unpaired) electrons. The Morgan fingerprint density at radius 3 is 2.89 bits per heavy atom. The summed E-state index contributed by atoms with van der Waals surface area (Å²) in [6.45, 7) is 9.32. The summed E-state index contributed by atoms with van der Waals surface area (Å²) in [5.74, 6) is 2.18. The molecule has 1 rings (SSSR count). The van der Waals surface area contributed by atoms with E-state index in [9.17, 15) is 0 Å². The number of pyridine rings is 1. The second kappa shape index (κ2) is 9.19. The lowest BCUT2D eigenvalue weighted by molar-refractivity contribution is 0.320. The van der Waals surface area contributed by atoms with Crippen molar-refractivity contribution in [1.29, 1.82) is 0 Å². The Morgan fingerprint density at radius 2 is 2.26 bits per heavy atom. The Balaban J connectivity index is 2.26. The first-order valence-corrected chi connectivity index (χ1v) is 6.77. The van der Waals surface area contributed by atoms with E-state index in [0.717, 1.165) is 24.8 Å². The van der Waals surface area contributed by atoms with Gasteiger partial charge >= 0.3 is 0 Å². The molecular formula is C14H24N4O. The molecule has 0 aliphatic heterocycles. The van der Waals surface area contributed by atoms with Crippen LogP contribution in [0.15, 0.2) is 29.5 Å².